The first-order valence-corrected chi connectivity index (χ1v) is 10.6. The Morgan fingerprint density at radius 2 is 2.10 bits per heavy atom. The normalized spacial score (nSPS) is 16.8. The van der Waals surface area contributed by atoms with Gasteiger partial charge in [0.15, 0.2) is 5.65 Å². The van der Waals surface area contributed by atoms with Gasteiger partial charge >= 0.3 is 0 Å². The summed E-state index contributed by atoms with van der Waals surface area (Å²) in [6.07, 6.45) is 8.62. The molecule has 0 radical (unpaired) electrons. The number of hydrogen-bond donors (Lipinski definition) is 2. The second-order valence-electron chi connectivity index (χ2n) is 7.60. The molecule has 4 aromatic rings. The van der Waals surface area contributed by atoms with Crippen molar-refractivity contribution < 1.29 is 0 Å². The second-order valence-corrected chi connectivity index (χ2v) is 7.98. The van der Waals surface area contributed by atoms with Crippen LogP contribution in [0.2, 0.25) is 5.02 Å². The van der Waals surface area contributed by atoms with Crippen molar-refractivity contribution in [3.63, 3.8) is 0 Å². The molecular weight excluding hydrogens is 400 g/mol. The number of aromatic nitrogens is 6. The number of aromatic amines is 1. The van der Waals surface area contributed by atoms with Crippen LogP contribution < -0.4 is 10.6 Å². The van der Waals surface area contributed by atoms with Crippen LogP contribution in [0.25, 0.3) is 22.2 Å². The summed E-state index contributed by atoms with van der Waals surface area (Å²) >= 11 is 6.72. The van der Waals surface area contributed by atoms with Crippen LogP contribution >= 0.6 is 11.6 Å². The highest BCUT2D eigenvalue weighted by Gasteiger charge is 2.28. The van der Waals surface area contributed by atoms with E-state index >= 15 is 0 Å². The monoisotopic (exact) mass is 422 g/mol. The lowest BCUT2D eigenvalue weighted by Gasteiger charge is -2.25. The number of nitrogens with two attached hydrogens (primary N) is 1. The number of H-pyrrole nitrogens is 1. The van der Waals surface area contributed by atoms with Gasteiger partial charge in [-0.1, -0.05) is 18.5 Å². The number of anilines is 1. The Morgan fingerprint density at radius 1 is 1.23 bits per heavy atom. The quantitative estimate of drug-likeness (QED) is 0.508. The zero-order valence-corrected chi connectivity index (χ0v) is 17.5. The number of rotatable bonds is 5. The van der Waals surface area contributed by atoms with Crippen molar-refractivity contribution in [1.82, 2.24) is 29.9 Å². The number of aryl methyl sites for hydroxylation is 1. The van der Waals surface area contributed by atoms with Crippen molar-refractivity contribution in [3.05, 3.63) is 46.8 Å². The predicted molar refractivity (Wildman–Crippen MR) is 118 cm³/mol. The van der Waals surface area contributed by atoms with E-state index in [-0.39, 0.29) is 6.04 Å². The third-order valence-corrected chi connectivity index (χ3v) is 6.13. The van der Waals surface area contributed by atoms with Crippen molar-refractivity contribution in [3.8, 4) is 0 Å². The molecule has 5 rings (SSSR count). The molecule has 8 nitrogen and oxygen atoms in total. The summed E-state index contributed by atoms with van der Waals surface area (Å²) < 4.78 is 0. The third-order valence-electron chi connectivity index (χ3n) is 5.71. The van der Waals surface area contributed by atoms with E-state index in [4.69, 9.17) is 27.3 Å². The molecule has 0 bridgehead atoms. The molecule has 4 aromatic heterocycles. The van der Waals surface area contributed by atoms with Crippen LogP contribution in [-0.2, 0) is 12.8 Å². The van der Waals surface area contributed by atoms with Crippen molar-refractivity contribution in [2.24, 2.45) is 5.73 Å². The number of nitrogens with one attached hydrogen (secondary N) is 1. The molecule has 1 aliphatic rings. The Balaban J connectivity index is 1.61. The SMILES string of the molecule is CCc1[nH]c2nc(Cc3cnc4nccnc4c3)nc(N3CCC[C@H]3CN)c2c1Cl. The molecule has 5 heterocycles. The topological polar surface area (TPSA) is 109 Å². The van der Waals surface area contributed by atoms with E-state index in [1.165, 1.54) is 0 Å². The summed E-state index contributed by atoms with van der Waals surface area (Å²) in [5.74, 6) is 1.59. The maximum Gasteiger partial charge on any atom is 0.178 e. The zero-order valence-electron chi connectivity index (χ0n) is 16.8. The first-order valence-electron chi connectivity index (χ1n) is 10.3. The van der Waals surface area contributed by atoms with E-state index in [1.807, 2.05) is 12.3 Å². The minimum Gasteiger partial charge on any atom is -0.352 e. The number of nitrogens with zero attached hydrogens (tertiary/aromatic N) is 6. The van der Waals surface area contributed by atoms with Crippen molar-refractivity contribution in [1.29, 1.82) is 0 Å². The summed E-state index contributed by atoms with van der Waals surface area (Å²) in [4.78, 5) is 28.4. The van der Waals surface area contributed by atoms with Gasteiger partial charge in [-0.25, -0.2) is 19.9 Å². The maximum atomic E-state index is 6.72. The maximum absolute atomic E-state index is 6.72. The highest BCUT2D eigenvalue weighted by molar-refractivity contribution is 6.37. The van der Waals surface area contributed by atoms with E-state index in [9.17, 15) is 0 Å². The summed E-state index contributed by atoms with van der Waals surface area (Å²) in [6.45, 7) is 3.59. The van der Waals surface area contributed by atoms with E-state index in [2.05, 4.69) is 31.8 Å². The number of pyridine rings is 1. The minimum atomic E-state index is 0.268. The zero-order chi connectivity index (χ0) is 20.7. The van der Waals surface area contributed by atoms with Crippen molar-refractivity contribution in [2.75, 3.05) is 18.0 Å². The summed E-state index contributed by atoms with van der Waals surface area (Å²) in [5.41, 5.74) is 10.2. The molecule has 1 fully saturated rings. The molecule has 9 heteroatoms. The van der Waals surface area contributed by atoms with Crippen molar-refractivity contribution >= 4 is 39.6 Å². The fourth-order valence-electron chi connectivity index (χ4n) is 4.20. The molecular formula is C21H23ClN8. The van der Waals surface area contributed by atoms with Gasteiger partial charge in [-0.05, 0) is 30.9 Å². The molecule has 0 aromatic carbocycles. The number of hydrogen-bond acceptors (Lipinski definition) is 7. The van der Waals surface area contributed by atoms with Crippen LogP contribution in [0.3, 0.4) is 0 Å². The van der Waals surface area contributed by atoms with Gasteiger partial charge in [0, 0.05) is 49.8 Å². The fraction of sp³-hybridized carbons (Fsp3) is 0.381. The lowest BCUT2D eigenvalue weighted by atomic mass is 10.2. The standard InChI is InChI=1S/C21H23ClN8/c1-2-14-18(22)17-20(27-14)28-16(29-21(17)30-7-3-4-13(30)10-23)9-12-8-15-19(26-11-12)25-6-5-24-15/h5-6,8,11,13H,2-4,7,9-10,23H2,1H3,(H,27,28,29)/t13-/m0/s1. The van der Waals surface area contributed by atoms with Crippen LogP contribution in [0.5, 0.6) is 0 Å². The van der Waals surface area contributed by atoms with Crippen LogP contribution in [0.1, 0.15) is 36.8 Å². The molecule has 0 spiro atoms. The lowest BCUT2D eigenvalue weighted by Crippen LogP contribution is -2.36. The molecule has 1 aliphatic heterocycles. The van der Waals surface area contributed by atoms with Gasteiger partial charge < -0.3 is 15.6 Å². The lowest BCUT2D eigenvalue weighted by molar-refractivity contribution is 0.671. The molecule has 0 saturated carbocycles. The summed E-state index contributed by atoms with van der Waals surface area (Å²) in [7, 11) is 0. The molecule has 154 valence electrons. The molecule has 30 heavy (non-hydrogen) atoms. The fourth-order valence-corrected chi connectivity index (χ4v) is 4.56. The summed E-state index contributed by atoms with van der Waals surface area (Å²) in [5, 5.41) is 1.60. The van der Waals surface area contributed by atoms with Gasteiger partial charge in [-0.15, -0.1) is 0 Å². The average molecular weight is 423 g/mol. The summed E-state index contributed by atoms with van der Waals surface area (Å²) in [6, 6.07) is 2.25. The largest absolute Gasteiger partial charge is 0.352 e. The van der Waals surface area contributed by atoms with Crippen LogP contribution in [0.4, 0.5) is 5.82 Å². The Labute approximate surface area is 178 Å². The molecule has 0 unspecified atom stereocenters. The Bertz CT molecular complexity index is 1220. The van der Waals surface area contributed by atoms with Gasteiger partial charge in [0.05, 0.1) is 10.4 Å². The van der Waals surface area contributed by atoms with Gasteiger partial charge in [-0.3, -0.25) is 4.98 Å². The van der Waals surface area contributed by atoms with Gasteiger partial charge in [-0.2, -0.15) is 0 Å². The Morgan fingerprint density at radius 3 is 2.93 bits per heavy atom. The minimum absolute atomic E-state index is 0.268. The van der Waals surface area contributed by atoms with Crippen LogP contribution in [0, 0.1) is 0 Å². The number of fused-ring (bicyclic) bond motifs is 2. The Kier molecular flexibility index (Phi) is 4.96. The van der Waals surface area contributed by atoms with E-state index in [0.717, 1.165) is 59.4 Å². The molecule has 0 amide bonds. The highest BCUT2D eigenvalue weighted by Crippen LogP contribution is 2.36. The second kappa shape index (κ2) is 7.77. The number of halogens is 1. The van der Waals surface area contributed by atoms with Gasteiger partial charge in [0.25, 0.3) is 0 Å². The average Bonchev–Trinajstić information content (AvgIpc) is 3.37. The molecule has 1 saturated heterocycles. The molecule has 3 N–H and O–H groups in total. The Hall–Kier alpha value is -2.84. The first kappa shape index (κ1) is 19.1. The van der Waals surface area contributed by atoms with Crippen LogP contribution in [-0.4, -0.2) is 49.0 Å². The van der Waals surface area contributed by atoms with E-state index in [0.29, 0.717) is 29.5 Å². The van der Waals surface area contributed by atoms with Crippen molar-refractivity contribution in [2.45, 2.75) is 38.6 Å². The molecule has 1 atom stereocenters. The van der Waals surface area contributed by atoms with Crippen LogP contribution in [0.15, 0.2) is 24.7 Å². The van der Waals surface area contributed by atoms with Gasteiger partial charge in [0.1, 0.15) is 22.8 Å². The highest BCUT2D eigenvalue weighted by atomic mass is 35.5. The predicted octanol–water partition coefficient (Wildman–Crippen LogP) is 3.03. The van der Waals surface area contributed by atoms with Gasteiger partial charge in [0.2, 0.25) is 0 Å². The van der Waals surface area contributed by atoms with E-state index in [1.54, 1.807) is 12.4 Å². The first-order chi connectivity index (χ1) is 14.7. The van der Waals surface area contributed by atoms with E-state index < -0.39 is 0 Å². The molecule has 0 aliphatic carbocycles. The smallest absolute Gasteiger partial charge is 0.178 e. The third kappa shape index (κ3) is 3.26.